The maximum Gasteiger partial charge on any atom is 0.252 e. The van der Waals surface area contributed by atoms with Crippen LogP contribution in [0.15, 0.2) is 35.2 Å². The molecule has 0 aliphatic carbocycles. The normalized spacial score (nSPS) is 12.3. The van der Waals surface area contributed by atoms with Gasteiger partial charge in [-0.1, -0.05) is 0 Å². The van der Waals surface area contributed by atoms with E-state index in [0.29, 0.717) is 18.5 Å². The molecule has 0 unspecified atom stereocenters. The standard InChI is InChI=1S/C13H16N2O2S/c1-15-7-2-3-11(15)12(16)4-6-14-13(17)10-5-8-18-9-10/h2-3,5,7-9,12,16H,4,6H2,1H3,(H,14,17)/t12-/m1/s1. The van der Waals surface area contributed by atoms with Crippen LogP contribution in [0.4, 0.5) is 0 Å². The number of hydrogen-bond acceptors (Lipinski definition) is 3. The lowest BCUT2D eigenvalue weighted by molar-refractivity contribution is 0.0941. The molecule has 4 nitrogen and oxygen atoms in total. The molecular formula is C13H16N2O2S. The second-order valence-corrected chi connectivity index (χ2v) is 4.90. The third-order valence-electron chi connectivity index (χ3n) is 2.81. The van der Waals surface area contributed by atoms with Gasteiger partial charge in [-0.05, 0) is 30.0 Å². The van der Waals surface area contributed by atoms with Crippen molar-refractivity contribution in [3.8, 4) is 0 Å². The predicted octanol–water partition coefficient (Wildman–Crippen LogP) is 1.94. The van der Waals surface area contributed by atoms with Crippen molar-refractivity contribution in [2.45, 2.75) is 12.5 Å². The molecule has 0 bridgehead atoms. The van der Waals surface area contributed by atoms with Gasteiger partial charge in [0.15, 0.2) is 0 Å². The third-order valence-corrected chi connectivity index (χ3v) is 3.50. The first-order chi connectivity index (χ1) is 8.68. The highest BCUT2D eigenvalue weighted by atomic mass is 32.1. The average molecular weight is 264 g/mol. The van der Waals surface area contributed by atoms with E-state index in [0.717, 1.165) is 5.69 Å². The van der Waals surface area contributed by atoms with E-state index in [1.807, 2.05) is 40.7 Å². The maximum absolute atomic E-state index is 11.6. The minimum absolute atomic E-state index is 0.0877. The molecule has 5 heteroatoms. The lowest BCUT2D eigenvalue weighted by Crippen LogP contribution is -2.25. The topological polar surface area (TPSA) is 54.3 Å². The Balaban J connectivity index is 1.79. The molecule has 0 fully saturated rings. The van der Waals surface area contributed by atoms with Gasteiger partial charge in [0.05, 0.1) is 6.10 Å². The van der Waals surface area contributed by atoms with Gasteiger partial charge in [-0.3, -0.25) is 4.79 Å². The number of aliphatic hydroxyl groups is 1. The fourth-order valence-electron chi connectivity index (χ4n) is 1.79. The quantitative estimate of drug-likeness (QED) is 0.867. The molecule has 0 aromatic carbocycles. The van der Waals surface area contributed by atoms with Crippen LogP contribution in [-0.4, -0.2) is 22.1 Å². The molecule has 0 saturated heterocycles. The fourth-order valence-corrected chi connectivity index (χ4v) is 2.42. The van der Waals surface area contributed by atoms with E-state index < -0.39 is 6.10 Å². The van der Waals surface area contributed by atoms with E-state index in [2.05, 4.69) is 5.32 Å². The number of carbonyl (C=O) groups excluding carboxylic acids is 1. The van der Waals surface area contributed by atoms with Crippen LogP contribution in [0.5, 0.6) is 0 Å². The summed E-state index contributed by atoms with van der Waals surface area (Å²) >= 11 is 1.49. The third kappa shape index (κ3) is 3.00. The van der Waals surface area contributed by atoms with Crippen molar-refractivity contribution in [2.24, 2.45) is 7.05 Å². The van der Waals surface area contributed by atoms with E-state index in [4.69, 9.17) is 0 Å². The van der Waals surface area contributed by atoms with Gasteiger partial charge >= 0.3 is 0 Å². The second kappa shape index (κ2) is 5.84. The van der Waals surface area contributed by atoms with Crippen molar-refractivity contribution in [3.05, 3.63) is 46.4 Å². The van der Waals surface area contributed by atoms with Gasteiger partial charge < -0.3 is 15.0 Å². The molecule has 0 aliphatic rings. The zero-order valence-corrected chi connectivity index (χ0v) is 11.0. The highest BCUT2D eigenvalue weighted by molar-refractivity contribution is 7.08. The minimum Gasteiger partial charge on any atom is -0.387 e. The Morgan fingerprint density at radius 2 is 2.39 bits per heavy atom. The number of nitrogens with zero attached hydrogens (tertiary/aromatic N) is 1. The molecule has 1 amide bonds. The SMILES string of the molecule is Cn1cccc1[C@H](O)CCNC(=O)c1ccsc1. The molecule has 96 valence electrons. The highest BCUT2D eigenvalue weighted by Gasteiger charge is 2.11. The van der Waals surface area contributed by atoms with Crippen LogP contribution in [-0.2, 0) is 7.05 Å². The molecule has 18 heavy (non-hydrogen) atoms. The number of aromatic nitrogens is 1. The lowest BCUT2D eigenvalue weighted by Gasteiger charge is -2.12. The average Bonchev–Trinajstić information content (AvgIpc) is 2.99. The Hall–Kier alpha value is -1.59. The Labute approximate surface area is 110 Å². The summed E-state index contributed by atoms with van der Waals surface area (Å²) in [6.45, 7) is 0.459. The molecule has 0 aliphatic heterocycles. The van der Waals surface area contributed by atoms with E-state index in [1.54, 1.807) is 6.07 Å². The highest BCUT2D eigenvalue weighted by Crippen LogP contribution is 2.15. The van der Waals surface area contributed by atoms with Crippen LogP contribution in [0, 0.1) is 0 Å². The monoisotopic (exact) mass is 264 g/mol. The van der Waals surface area contributed by atoms with Crippen molar-refractivity contribution in [1.82, 2.24) is 9.88 Å². The van der Waals surface area contributed by atoms with Gasteiger partial charge in [-0.25, -0.2) is 0 Å². The first-order valence-corrected chi connectivity index (χ1v) is 6.72. The molecule has 2 aromatic heterocycles. The summed E-state index contributed by atoms with van der Waals surface area (Å²) < 4.78 is 1.88. The number of thiophene rings is 1. The summed E-state index contributed by atoms with van der Waals surface area (Å²) in [5, 5.41) is 16.4. The van der Waals surface area contributed by atoms with Crippen molar-refractivity contribution < 1.29 is 9.90 Å². The predicted molar refractivity (Wildman–Crippen MR) is 71.6 cm³/mol. The Kier molecular flexibility index (Phi) is 4.17. The molecule has 2 heterocycles. The number of rotatable bonds is 5. The summed E-state index contributed by atoms with van der Waals surface area (Å²) in [5.74, 6) is -0.0877. The Morgan fingerprint density at radius 3 is 3.00 bits per heavy atom. The summed E-state index contributed by atoms with van der Waals surface area (Å²) in [6, 6.07) is 5.56. The van der Waals surface area contributed by atoms with Crippen LogP contribution in [0.2, 0.25) is 0 Å². The van der Waals surface area contributed by atoms with E-state index in [-0.39, 0.29) is 5.91 Å². The van der Waals surface area contributed by atoms with Crippen molar-refractivity contribution in [1.29, 1.82) is 0 Å². The summed E-state index contributed by atoms with van der Waals surface area (Å²) in [5.41, 5.74) is 1.54. The van der Waals surface area contributed by atoms with Crippen LogP contribution in [0.1, 0.15) is 28.6 Å². The number of nitrogens with one attached hydrogen (secondary N) is 1. The minimum atomic E-state index is -0.548. The number of carbonyl (C=O) groups is 1. The van der Waals surface area contributed by atoms with Gasteiger partial charge in [-0.2, -0.15) is 11.3 Å². The first-order valence-electron chi connectivity index (χ1n) is 5.78. The summed E-state index contributed by atoms with van der Waals surface area (Å²) in [6.07, 6.45) is 1.85. The Bertz CT molecular complexity index is 505. The van der Waals surface area contributed by atoms with E-state index in [1.165, 1.54) is 11.3 Å². The van der Waals surface area contributed by atoms with Crippen LogP contribution < -0.4 is 5.32 Å². The number of amides is 1. The summed E-state index contributed by atoms with van der Waals surface area (Å²) in [4.78, 5) is 11.6. The van der Waals surface area contributed by atoms with E-state index in [9.17, 15) is 9.90 Å². The zero-order valence-electron chi connectivity index (χ0n) is 10.2. The molecule has 2 aromatic rings. The number of aliphatic hydroxyl groups excluding tert-OH is 1. The first kappa shape index (κ1) is 12.9. The number of hydrogen-bond donors (Lipinski definition) is 2. The van der Waals surface area contributed by atoms with Gasteiger partial charge in [0.1, 0.15) is 0 Å². The van der Waals surface area contributed by atoms with Gasteiger partial charge in [0.25, 0.3) is 5.91 Å². The smallest absolute Gasteiger partial charge is 0.252 e. The Morgan fingerprint density at radius 1 is 1.56 bits per heavy atom. The largest absolute Gasteiger partial charge is 0.387 e. The molecular weight excluding hydrogens is 248 g/mol. The summed E-state index contributed by atoms with van der Waals surface area (Å²) in [7, 11) is 1.89. The second-order valence-electron chi connectivity index (χ2n) is 4.12. The molecule has 1 atom stereocenters. The molecule has 2 N–H and O–H groups in total. The van der Waals surface area contributed by atoms with Crippen LogP contribution in [0.3, 0.4) is 0 Å². The van der Waals surface area contributed by atoms with Gasteiger partial charge in [0, 0.05) is 36.4 Å². The maximum atomic E-state index is 11.6. The van der Waals surface area contributed by atoms with Crippen molar-refractivity contribution in [3.63, 3.8) is 0 Å². The van der Waals surface area contributed by atoms with Gasteiger partial charge in [-0.15, -0.1) is 0 Å². The molecule has 0 radical (unpaired) electrons. The van der Waals surface area contributed by atoms with Crippen molar-refractivity contribution >= 4 is 17.2 Å². The zero-order chi connectivity index (χ0) is 13.0. The van der Waals surface area contributed by atoms with Crippen LogP contribution >= 0.6 is 11.3 Å². The molecule has 0 spiro atoms. The fraction of sp³-hybridized carbons (Fsp3) is 0.308. The lowest BCUT2D eigenvalue weighted by atomic mass is 10.2. The van der Waals surface area contributed by atoms with E-state index >= 15 is 0 Å². The number of aryl methyl sites for hydroxylation is 1. The van der Waals surface area contributed by atoms with Crippen molar-refractivity contribution in [2.75, 3.05) is 6.54 Å². The van der Waals surface area contributed by atoms with Crippen LogP contribution in [0.25, 0.3) is 0 Å². The van der Waals surface area contributed by atoms with Gasteiger partial charge in [0.2, 0.25) is 0 Å². The molecule has 0 saturated carbocycles. The molecule has 2 rings (SSSR count).